The van der Waals surface area contributed by atoms with Crippen molar-refractivity contribution in [2.75, 3.05) is 3.11 Å². The lowest BCUT2D eigenvalue weighted by molar-refractivity contribution is -0.146. The van der Waals surface area contributed by atoms with Crippen molar-refractivity contribution in [3.63, 3.8) is 0 Å². The second-order valence-corrected chi connectivity index (χ2v) is 10.7. The molecule has 0 fully saturated rings. The Kier molecular flexibility index (Phi) is 7.73. The maximum absolute atomic E-state index is 14.1. The van der Waals surface area contributed by atoms with Gasteiger partial charge < -0.3 is 15.2 Å². The van der Waals surface area contributed by atoms with Crippen LogP contribution in [0.5, 0.6) is 0 Å². The van der Waals surface area contributed by atoms with Gasteiger partial charge in [0.15, 0.2) is 11.4 Å². The van der Waals surface area contributed by atoms with E-state index in [4.69, 9.17) is 9.97 Å². The summed E-state index contributed by atoms with van der Waals surface area (Å²) in [5.41, 5.74) is 1.26. The number of allylic oxidation sites excluding steroid dienone is 1. The fraction of sp³-hybridized carbons (Fsp3) is 0.308. The van der Waals surface area contributed by atoms with Gasteiger partial charge in [0.1, 0.15) is 17.3 Å². The summed E-state index contributed by atoms with van der Waals surface area (Å²) >= 11 is 2.03. The van der Waals surface area contributed by atoms with Crippen LogP contribution < -0.4 is 3.11 Å². The number of aromatic nitrogens is 6. The van der Waals surface area contributed by atoms with Gasteiger partial charge in [-0.1, -0.05) is 6.08 Å². The van der Waals surface area contributed by atoms with Gasteiger partial charge in [-0.15, -0.1) is 6.58 Å². The number of anilines is 1. The highest BCUT2D eigenvalue weighted by Gasteiger charge is 2.33. The molecule has 0 aliphatic carbocycles. The van der Waals surface area contributed by atoms with Crippen LogP contribution in [-0.2, 0) is 15.1 Å². The van der Waals surface area contributed by atoms with Crippen molar-refractivity contribution in [1.82, 2.24) is 29.7 Å². The normalized spacial score (nSPS) is 13.3. The number of rotatable bonds is 10. The minimum atomic E-state index is -1.31. The van der Waals surface area contributed by atoms with Crippen LogP contribution in [-0.4, -0.2) is 57.9 Å². The van der Waals surface area contributed by atoms with Crippen molar-refractivity contribution >= 4 is 51.7 Å². The van der Waals surface area contributed by atoms with Gasteiger partial charge in [-0.25, -0.2) is 24.1 Å². The molecule has 0 amide bonds. The number of H-pyrrole nitrogens is 1. The average Bonchev–Trinajstić information content (AvgIpc) is 3.54. The first-order valence-electron chi connectivity index (χ1n) is 12.0. The Morgan fingerprint density at radius 2 is 2.03 bits per heavy atom. The number of halogens is 2. The van der Waals surface area contributed by atoms with E-state index < -0.39 is 35.3 Å². The van der Waals surface area contributed by atoms with Crippen LogP contribution in [0.4, 0.5) is 10.2 Å². The molecule has 4 rings (SSSR count). The number of aliphatic carboxylic acids is 2. The summed E-state index contributed by atoms with van der Waals surface area (Å²) in [6.07, 6.45) is 7.66. The number of carboxylic acid groups (broad SMARTS) is 2. The summed E-state index contributed by atoms with van der Waals surface area (Å²) in [6, 6.07) is 0.838. The highest BCUT2D eigenvalue weighted by molar-refractivity contribution is 14.1. The number of hydrogen-bond acceptors (Lipinski definition) is 7. The van der Waals surface area contributed by atoms with Gasteiger partial charge >= 0.3 is 11.9 Å². The number of aromatic amines is 1. The average molecular weight is 647 g/mol. The Labute approximate surface area is 237 Å². The molecule has 11 nitrogen and oxygen atoms in total. The number of carboxylic acids is 2. The second-order valence-electron chi connectivity index (χ2n) is 9.66. The van der Waals surface area contributed by atoms with E-state index in [1.807, 2.05) is 22.9 Å². The van der Waals surface area contributed by atoms with Crippen molar-refractivity contribution < 1.29 is 24.2 Å². The molecular formula is C26H27FIN7O4. The number of nitrogens with zero attached hydrogens (tertiary/aromatic N) is 6. The number of fused-ring (bicyclic) bond motifs is 1. The van der Waals surface area contributed by atoms with Crippen molar-refractivity contribution in [1.29, 1.82) is 0 Å². The molecule has 0 radical (unpaired) electrons. The highest BCUT2D eigenvalue weighted by atomic mass is 127. The Morgan fingerprint density at radius 3 is 2.67 bits per heavy atom. The van der Waals surface area contributed by atoms with E-state index in [2.05, 4.69) is 21.6 Å². The molecule has 0 saturated carbocycles. The quantitative estimate of drug-likeness (QED) is 0.123. The summed E-state index contributed by atoms with van der Waals surface area (Å²) < 4.78 is 17.2. The highest BCUT2D eigenvalue weighted by Crippen LogP contribution is 2.37. The van der Waals surface area contributed by atoms with Gasteiger partial charge in [0.05, 0.1) is 52.9 Å². The molecule has 0 aliphatic rings. The summed E-state index contributed by atoms with van der Waals surface area (Å²) in [6.45, 7) is 10.3. The van der Waals surface area contributed by atoms with Crippen molar-refractivity contribution in [3.8, 4) is 22.6 Å². The minimum Gasteiger partial charge on any atom is -0.481 e. The van der Waals surface area contributed by atoms with Gasteiger partial charge in [0.2, 0.25) is 0 Å². The van der Waals surface area contributed by atoms with Gasteiger partial charge in [0.25, 0.3) is 0 Å². The maximum Gasteiger partial charge on any atom is 0.331 e. The van der Waals surface area contributed by atoms with E-state index >= 15 is 0 Å². The largest absolute Gasteiger partial charge is 0.481 e. The van der Waals surface area contributed by atoms with E-state index in [-0.39, 0.29) is 12.2 Å². The van der Waals surface area contributed by atoms with Crippen molar-refractivity contribution in [3.05, 3.63) is 54.9 Å². The molecule has 4 aromatic rings. The SMILES string of the molecule is C=CCC(C(=O)O)C(C)N(I)c1nc(-c2c[nH]c3ncc(F)cc23)nc(-c2cnn(C(C)(C)C(=O)O)c2)c1C. The predicted octanol–water partition coefficient (Wildman–Crippen LogP) is 4.97. The van der Waals surface area contributed by atoms with Gasteiger partial charge in [-0.3, -0.25) is 12.6 Å². The molecule has 0 aromatic carbocycles. The maximum atomic E-state index is 14.1. The number of nitrogens with one attached hydrogen (secondary N) is 1. The summed E-state index contributed by atoms with van der Waals surface area (Å²) in [7, 11) is 0. The number of pyridine rings is 1. The molecule has 0 bridgehead atoms. The van der Waals surface area contributed by atoms with E-state index in [0.29, 0.717) is 39.2 Å². The molecule has 2 unspecified atom stereocenters. The van der Waals surface area contributed by atoms with Crippen LogP contribution in [0.25, 0.3) is 33.7 Å². The lowest BCUT2D eigenvalue weighted by Gasteiger charge is -2.29. The van der Waals surface area contributed by atoms with Crippen molar-refractivity contribution in [2.45, 2.75) is 45.7 Å². The summed E-state index contributed by atoms with van der Waals surface area (Å²) in [5, 5.41) is 24.2. The molecule has 13 heteroatoms. The standard InChI is InChI=1S/C26H27FIN7O4/c1-6-7-17(24(36)37)14(3)35(28)23-13(2)20(15-9-31-34(12-15)26(4,5)25(38)39)32-22(33-23)19-11-30-21-18(19)8-16(27)10-29-21/h6,8-12,14,17H,1,7H2,2-5H3,(H,29,30)(H,36,37)(H,38,39). The third-order valence-electron chi connectivity index (χ3n) is 6.69. The molecule has 204 valence electrons. The molecule has 2 atom stereocenters. The smallest absolute Gasteiger partial charge is 0.331 e. The Balaban J connectivity index is 1.93. The fourth-order valence-electron chi connectivity index (χ4n) is 4.16. The van der Waals surface area contributed by atoms with Crippen LogP contribution in [0.3, 0.4) is 0 Å². The van der Waals surface area contributed by atoms with Crippen LogP contribution in [0.1, 0.15) is 32.8 Å². The fourth-order valence-corrected chi connectivity index (χ4v) is 5.02. The molecule has 39 heavy (non-hydrogen) atoms. The molecule has 0 saturated heterocycles. The minimum absolute atomic E-state index is 0.249. The Morgan fingerprint density at radius 1 is 1.31 bits per heavy atom. The van der Waals surface area contributed by atoms with E-state index in [1.165, 1.54) is 30.8 Å². The zero-order chi connectivity index (χ0) is 28.6. The Bertz CT molecular complexity index is 1580. The zero-order valence-corrected chi connectivity index (χ0v) is 23.8. The number of hydrogen-bond donors (Lipinski definition) is 3. The third kappa shape index (κ3) is 5.22. The van der Waals surface area contributed by atoms with Crippen LogP contribution >= 0.6 is 22.9 Å². The zero-order valence-electron chi connectivity index (χ0n) is 21.7. The monoisotopic (exact) mass is 647 g/mol. The summed E-state index contributed by atoms with van der Waals surface area (Å²) in [5.74, 6) is -2.61. The molecule has 3 N–H and O–H groups in total. The van der Waals surface area contributed by atoms with Crippen LogP contribution in [0.15, 0.2) is 43.5 Å². The molecule has 4 aromatic heterocycles. The summed E-state index contributed by atoms with van der Waals surface area (Å²) in [4.78, 5) is 40.4. The van der Waals surface area contributed by atoms with E-state index in [0.717, 1.165) is 6.20 Å². The van der Waals surface area contributed by atoms with Gasteiger partial charge in [0, 0.05) is 34.5 Å². The van der Waals surface area contributed by atoms with Crippen molar-refractivity contribution in [2.24, 2.45) is 5.92 Å². The first-order valence-corrected chi connectivity index (χ1v) is 12.9. The predicted molar refractivity (Wildman–Crippen MR) is 152 cm³/mol. The molecule has 4 heterocycles. The topological polar surface area (TPSA) is 150 Å². The molecule has 0 aliphatic heterocycles. The first-order chi connectivity index (χ1) is 18.4. The second kappa shape index (κ2) is 10.7. The molecular weight excluding hydrogens is 620 g/mol. The van der Waals surface area contributed by atoms with Gasteiger partial charge in [-0.2, -0.15) is 5.10 Å². The first kappa shape index (κ1) is 28.1. The van der Waals surface area contributed by atoms with Crippen LogP contribution in [0.2, 0.25) is 0 Å². The Hall–Kier alpha value is -3.88. The lowest BCUT2D eigenvalue weighted by Crippen LogP contribution is -2.36. The van der Waals surface area contributed by atoms with Gasteiger partial charge in [-0.05, 0) is 40.2 Å². The third-order valence-corrected chi connectivity index (χ3v) is 8.03. The molecule has 0 spiro atoms. The van der Waals surface area contributed by atoms with E-state index in [9.17, 15) is 24.2 Å². The van der Waals surface area contributed by atoms with E-state index in [1.54, 1.807) is 35.4 Å². The van der Waals surface area contributed by atoms with Crippen LogP contribution in [0, 0.1) is 18.7 Å². The number of carbonyl (C=O) groups is 2. The lowest BCUT2D eigenvalue weighted by atomic mass is 9.97.